The minimum atomic E-state index is -0.835. The lowest BCUT2D eigenvalue weighted by Crippen LogP contribution is -2.45. The van der Waals surface area contributed by atoms with Gasteiger partial charge in [-0.05, 0) is 31.9 Å². The number of nitrogens with zero attached hydrogens (tertiary/aromatic N) is 2. The smallest absolute Gasteiger partial charge is 0.237 e. The molecule has 2 atom stereocenters. The Bertz CT molecular complexity index is 579. The van der Waals surface area contributed by atoms with Gasteiger partial charge in [0.15, 0.2) is 5.78 Å². The predicted octanol–water partition coefficient (Wildman–Crippen LogP) is 2.30. The number of piperidine rings is 1. The van der Waals surface area contributed by atoms with E-state index in [0.717, 1.165) is 0 Å². The maximum atomic E-state index is 13.8. The van der Waals surface area contributed by atoms with Crippen molar-refractivity contribution in [2.24, 2.45) is 11.8 Å². The van der Waals surface area contributed by atoms with Crippen LogP contribution in [0.25, 0.3) is 0 Å². The van der Waals surface area contributed by atoms with Gasteiger partial charge >= 0.3 is 0 Å². The molecule has 0 aliphatic carbocycles. The number of benzene rings is 1. The zero-order valence-electron chi connectivity index (χ0n) is 11.2. The highest BCUT2D eigenvalue weighted by Crippen LogP contribution is 2.28. The molecule has 0 radical (unpaired) electrons. The van der Waals surface area contributed by atoms with Crippen molar-refractivity contribution in [3.63, 3.8) is 0 Å². The van der Waals surface area contributed by atoms with Crippen LogP contribution in [0.5, 0.6) is 0 Å². The Morgan fingerprint density at radius 3 is 2.85 bits per heavy atom. The van der Waals surface area contributed by atoms with E-state index >= 15 is 0 Å². The quantitative estimate of drug-likeness (QED) is 0.794. The number of hydrogen-bond acceptors (Lipinski definition) is 3. The number of hydrogen-bond donors (Lipinski definition) is 0. The van der Waals surface area contributed by atoms with Crippen molar-refractivity contribution in [3.8, 4) is 6.07 Å². The number of para-hydroxylation sites is 1. The lowest BCUT2D eigenvalue weighted by molar-refractivity contribution is -0.135. The SMILES string of the molecule is C[C@H](C#N)C(=O)[C@@H]1CCCN(c2ccccc2F)C1=O. The third kappa shape index (κ3) is 2.55. The molecule has 0 unspecified atom stereocenters. The molecule has 1 heterocycles. The van der Waals surface area contributed by atoms with Gasteiger partial charge in [-0.15, -0.1) is 0 Å². The number of rotatable bonds is 3. The molecule has 20 heavy (non-hydrogen) atoms. The molecule has 0 spiro atoms. The fraction of sp³-hybridized carbons (Fsp3) is 0.400. The van der Waals surface area contributed by atoms with Crippen molar-refractivity contribution in [1.82, 2.24) is 0 Å². The van der Waals surface area contributed by atoms with E-state index in [2.05, 4.69) is 0 Å². The Hall–Kier alpha value is -2.22. The molecular weight excluding hydrogens is 259 g/mol. The summed E-state index contributed by atoms with van der Waals surface area (Å²) in [5.41, 5.74) is 0.194. The Morgan fingerprint density at radius 1 is 1.50 bits per heavy atom. The monoisotopic (exact) mass is 274 g/mol. The minimum absolute atomic E-state index is 0.194. The van der Waals surface area contributed by atoms with Gasteiger partial charge in [0.05, 0.1) is 17.7 Å². The van der Waals surface area contributed by atoms with Gasteiger partial charge in [-0.3, -0.25) is 9.59 Å². The van der Waals surface area contributed by atoms with Gasteiger partial charge in [0.1, 0.15) is 11.7 Å². The molecule has 1 aromatic carbocycles. The highest BCUT2D eigenvalue weighted by molar-refractivity contribution is 6.10. The normalized spacial score (nSPS) is 20.4. The van der Waals surface area contributed by atoms with Crippen molar-refractivity contribution >= 4 is 17.4 Å². The van der Waals surface area contributed by atoms with E-state index in [1.54, 1.807) is 12.1 Å². The van der Waals surface area contributed by atoms with Crippen LogP contribution in [0, 0.1) is 29.0 Å². The van der Waals surface area contributed by atoms with E-state index in [4.69, 9.17) is 5.26 Å². The molecule has 2 rings (SSSR count). The Balaban J connectivity index is 2.26. The molecule has 0 aromatic heterocycles. The van der Waals surface area contributed by atoms with E-state index in [1.165, 1.54) is 24.0 Å². The Kier molecular flexibility index (Phi) is 4.14. The third-order valence-electron chi connectivity index (χ3n) is 3.55. The number of ketones is 1. The van der Waals surface area contributed by atoms with Crippen LogP contribution < -0.4 is 4.90 Å². The first kappa shape index (κ1) is 14.2. The van der Waals surface area contributed by atoms with Gasteiger partial charge in [0.25, 0.3) is 0 Å². The lowest BCUT2D eigenvalue weighted by atomic mass is 9.87. The zero-order valence-corrected chi connectivity index (χ0v) is 11.2. The Morgan fingerprint density at radius 2 is 2.20 bits per heavy atom. The first-order chi connectivity index (χ1) is 9.56. The van der Waals surface area contributed by atoms with Crippen LogP contribution in [0.4, 0.5) is 10.1 Å². The van der Waals surface area contributed by atoms with Gasteiger partial charge in [0.2, 0.25) is 5.91 Å². The number of carbonyl (C=O) groups excluding carboxylic acids is 2. The summed E-state index contributed by atoms with van der Waals surface area (Å²) in [6.45, 7) is 1.88. The van der Waals surface area contributed by atoms with Crippen LogP contribution >= 0.6 is 0 Å². The third-order valence-corrected chi connectivity index (χ3v) is 3.55. The number of amides is 1. The van der Waals surface area contributed by atoms with Crippen LogP contribution in [-0.4, -0.2) is 18.2 Å². The van der Waals surface area contributed by atoms with Crippen molar-refractivity contribution in [2.75, 3.05) is 11.4 Å². The van der Waals surface area contributed by atoms with Crippen molar-refractivity contribution in [2.45, 2.75) is 19.8 Å². The summed E-state index contributed by atoms with van der Waals surface area (Å²) < 4.78 is 13.8. The molecule has 1 saturated heterocycles. The molecule has 4 nitrogen and oxygen atoms in total. The number of halogens is 1. The second-order valence-electron chi connectivity index (χ2n) is 4.89. The average molecular weight is 274 g/mol. The van der Waals surface area contributed by atoms with Gasteiger partial charge in [-0.2, -0.15) is 5.26 Å². The summed E-state index contributed by atoms with van der Waals surface area (Å²) in [6, 6.07) is 7.86. The van der Waals surface area contributed by atoms with E-state index in [-0.39, 0.29) is 11.5 Å². The summed E-state index contributed by atoms with van der Waals surface area (Å²) in [6.07, 6.45) is 1.04. The van der Waals surface area contributed by atoms with E-state index < -0.39 is 23.6 Å². The molecule has 1 fully saturated rings. The van der Waals surface area contributed by atoms with Gasteiger partial charge in [-0.25, -0.2) is 4.39 Å². The van der Waals surface area contributed by atoms with Crippen LogP contribution in [0.2, 0.25) is 0 Å². The molecule has 1 amide bonds. The number of anilines is 1. The van der Waals surface area contributed by atoms with E-state index in [0.29, 0.717) is 19.4 Å². The van der Waals surface area contributed by atoms with Crippen LogP contribution in [0.15, 0.2) is 24.3 Å². The summed E-state index contributed by atoms with van der Waals surface area (Å²) in [7, 11) is 0. The minimum Gasteiger partial charge on any atom is -0.309 e. The van der Waals surface area contributed by atoms with Crippen LogP contribution in [0.1, 0.15) is 19.8 Å². The molecular formula is C15H15FN2O2. The second kappa shape index (κ2) is 5.83. The van der Waals surface area contributed by atoms with Crippen molar-refractivity contribution < 1.29 is 14.0 Å². The summed E-state index contributed by atoms with van der Waals surface area (Å²) in [5, 5.41) is 8.79. The largest absolute Gasteiger partial charge is 0.309 e. The molecule has 1 aromatic rings. The molecule has 1 aliphatic rings. The molecule has 5 heteroatoms. The molecule has 1 aliphatic heterocycles. The topological polar surface area (TPSA) is 61.2 Å². The molecule has 104 valence electrons. The fourth-order valence-electron chi connectivity index (χ4n) is 2.41. The molecule has 0 saturated carbocycles. The summed E-state index contributed by atoms with van der Waals surface area (Å²) >= 11 is 0. The van der Waals surface area contributed by atoms with Crippen LogP contribution in [0.3, 0.4) is 0 Å². The summed E-state index contributed by atoms with van der Waals surface area (Å²) in [4.78, 5) is 25.7. The first-order valence-corrected chi connectivity index (χ1v) is 6.55. The zero-order chi connectivity index (χ0) is 14.7. The maximum Gasteiger partial charge on any atom is 0.237 e. The highest BCUT2D eigenvalue weighted by atomic mass is 19.1. The number of nitriles is 1. The standard InChI is InChI=1S/C15H15FN2O2/c1-10(9-17)14(19)11-5-4-8-18(15(11)20)13-7-3-2-6-12(13)16/h2-3,6-7,10-11H,4-5,8H2,1H3/t10-,11+/m1/s1. The fourth-order valence-corrected chi connectivity index (χ4v) is 2.41. The highest BCUT2D eigenvalue weighted by Gasteiger charge is 2.37. The van der Waals surface area contributed by atoms with Gasteiger partial charge < -0.3 is 4.90 Å². The maximum absolute atomic E-state index is 13.8. The molecule has 0 bridgehead atoms. The van der Waals surface area contributed by atoms with Gasteiger partial charge in [0, 0.05) is 6.54 Å². The van der Waals surface area contributed by atoms with E-state index in [1.807, 2.05) is 6.07 Å². The van der Waals surface area contributed by atoms with E-state index in [9.17, 15) is 14.0 Å². The van der Waals surface area contributed by atoms with Gasteiger partial charge in [-0.1, -0.05) is 12.1 Å². The second-order valence-corrected chi connectivity index (χ2v) is 4.89. The number of carbonyl (C=O) groups is 2. The summed E-state index contributed by atoms with van der Waals surface area (Å²) in [5.74, 6) is -2.92. The number of Topliss-reactive ketones (excluding diaryl/α,β-unsaturated/α-hetero) is 1. The Labute approximate surface area is 116 Å². The average Bonchev–Trinajstić information content (AvgIpc) is 2.47. The predicted molar refractivity (Wildman–Crippen MR) is 71.3 cm³/mol. The van der Waals surface area contributed by atoms with Crippen molar-refractivity contribution in [3.05, 3.63) is 30.1 Å². The van der Waals surface area contributed by atoms with Crippen LogP contribution in [-0.2, 0) is 9.59 Å². The molecule has 0 N–H and O–H groups in total. The van der Waals surface area contributed by atoms with Crippen molar-refractivity contribution in [1.29, 1.82) is 5.26 Å². The lowest BCUT2D eigenvalue weighted by Gasteiger charge is -2.32. The first-order valence-electron chi connectivity index (χ1n) is 6.55.